The van der Waals surface area contributed by atoms with Crippen molar-refractivity contribution in [1.29, 1.82) is 0 Å². The largest absolute Gasteiger partial charge is 0.369 e. The molecule has 0 spiro atoms. The van der Waals surface area contributed by atoms with Gasteiger partial charge in [0, 0.05) is 63.4 Å². The van der Waals surface area contributed by atoms with Gasteiger partial charge in [-0.2, -0.15) is 0 Å². The quantitative estimate of drug-likeness (QED) is 0.575. The van der Waals surface area contributed by atoms with E-state index < -0.39 is 6.04 Å². The van der Waals surface area contributed by atoms with Gasteiger partial charge >= 0.3 is 0 Å². The first-order valence-corrected chi connectivity index (χ1v) is 9.75. The van der Waals surface area contributed by atoms with Crippen molar-refractivity contribution >= 4 is 29.7 Å². The first-order valence-electron chi connectivity index (χ1n) is 9.75. The van der Waals surface area contributed by atoms with Crippen LogP contribution in [0.5, 0.6) is 0 Å². The highest BCUT2D eigenvalue weighted by Gasteiger charge is 2.39. The molecule has 2 saturated heterocycles. The Hall–Kier alpha value is -2.74. The minimum Gasteiger partial charge on any atom is -0.369 e. The number of aldehydes is 1. The summed E-state index contributed by atoms with van der Waals surface area (Å²) in [7, 11) is 0. The third-order valence-electron chi connectivity index (χ3n) is 5.81. The van der Waals surface area contributed by atoms with Gasteiger partial charge in [0.25, 0.3) is 5.91 Å². The van der Waals surface area contributed by atoms with Gasteiger partial charge in [-0.1, -0.05) is 0 Å². The lowest BCUT2D eigenvalue weighted by atomic mass is 10.0. The zero-order valence-electron chi connectivity index (χ0n) is 15.7. The molecule has 1 atom stereocenters. The predicted octanol–water partition coefficient (Wildman–Crippen LogP) is 0.159. The summed E-state index contributed by atoms with van der Waals surface area (Å²) in [4.78, 5) is 53.0. The molecule has 28 heavy (non-hydrogen) atoms. The molecule has 3 aliphatic heterocycles. The molecule has 8 heteroatoms. The van der Waals surface area contributed by atoms with Crippen molar-refractivity contribution in [3.63, 3.8) is 0 Å². The normalized spacial score (nSPS) is 23.0. The molecule has 0 saturated carbocycles. The lowest BCUT2D eigenvalue weighted by molar-refractivity contribution is -0.136. The van der Waals surface area contributed by atoms with Crippen molar-refractivity contribution in [2.75, 3.05) is 37.6 Å². The van der Waals surface area contributed by atoms with Crippen LogP contribution in [0.15, 0.2) is 18.2 Å². The van der Waals surface area contributed by atoms with Crippen LogP contribution < -0.4 is 10.2 Å². The topological polar surface area (TPSA) is 90.0 Å². The molecule has 148 valence electrons. The summed E-state index contributed by atoms with van der Waals surface area (Å²) in [6.07, 6.45) is 2.16. The number of amides is 3. The maximum atomic E-state index is 12.8. The molecule has 8 nitrogen and oxygen atoms in total. The fraction of sp³-hybridized carbons (Fsp3) is 0.500. The van der Waals surface area contributed by atoms with Crippen LogP contribution in [0.2, 0.25) is 0 Å². The van der Waals surface area contributed by atoms with E-state index in [1.54, 1.807) is 4.90 Å². The molecule has 1 N–H and O–H groups in total. The monoisotopic (exact) mass is 384 g/mol. The third-order valence-corrected chi connectivity index (χ3v) is 5.81. The summed E-state index contributed by atoms with van der Waals surface area (Å²) in [6, 6.07) is 5.27. The Kier molecular flexibility index (Phi) is 5.13. The van der Waals surface area contributed by atoms with Crippen molar-refractivity contribution in [2.45, 2.75) is 31.8 Å². The predicted molar refractivity (Wildman–Crippen MR) is 102 cm³/mol. The van der Waals surface area contributed by atoms with E-state index in [-0.39, 0.29) is 24.1 Å². The molecule has 0 aliphatic carbocycles. The molecule has 3 aliphatic rings. The van der Waals surface area contributed by atoms with Crippen molar-refractivity contribution in [2.24, 2.45) is 0 Å². The molecule has 3 amide bonds. The number of hydrogen-bond donors (Lipinski definition) is 1. The second kappa shape index (κ2) is 7.71. The maximum absolute atomic E-state index is 12.8. The Morgan fingerprint density at radius 2 is 1.89 bits per heavy atom. The van der Waals surface area contributed by atoms with Gasteiger partial charge in [-0.25, -0.2) is 0 Å². The van der Waals surface area contributed by atoms with Crippen LogP contribution in [-0.4, -0.2) is 72.6 Å². The average Bonchev–Trinajstić information content (AvgIpc) is 3.02. The number of anilines is 1. The number of piperidine rings is 1. The van der Waals surface area contributed by atoms with Crippen molar-refractivity contribution in [3.8, 4) is 0 Å². The number of carbonyl (C=O) groups excluding carboxylic acids is 4. The molecule has 2 fully saturated rings. The molecule has 1 aromatic rings. The third kappa shape index (κ3) is 3.52. The Bertz CT molecular complexity index is 816. The van der Waals surface area contributed by atoms with Gasteiger partial charge in [0.05, 0.1) is 0 Å². The van der Waals surface area contributed by atoms with Crippen LogP contribution in [0.1, 0.15) is 35.2 Å². The number of carbonyl (C=O) groups is 4. The first kappa shape index (κ1) is 18.6. The number of imide groups is 1. The summed E-state index contributed by atoms with van der Waals surface area (Å²) in [5.41, 5.74) is 2.64. The number of fused-ring (bicyclic) bond motifs is 1. The van der Waals surface area contributed by atoms with E-state index in [2.05, 4.69) is 15.1 Å². The van der Waals surface area contributed by atoms with Gasteiger partial charge in [-0.3, -0.25) is 24.6 Å². The highest BCUT2D eigenvalue weighted by Crippen LogP contribution is 2.30. The average molecular weight is 384 g/mol. The minimum absolute atomic E-state index is 0.144. The summed E-state index contributed by atoms with van der Waals surface area (Å²) < 4.78 is 0. The van der Waals surface area contributed by atoms with Crippen LogP contribution in [0.4, 0.5) is 5.69 Å². The second-order valence-corrected chi connectivity index (χ2v) is 7.53. The zero-order valence-corrected chi connectivity index (χ0v) is 15.7. The SMILES string of the molecule is O=CCCN1CCN(c2ccc3c(c2)CN(C2CCC(=O)NC2=O)C3=O)CC1. The highest BCUT2D eigenvalue weighted by molar-refractivity contribution is 6.05. The Balaban J connectivity index is 1.44. The number of nitrogens with zero attached hydrogens (tertiary/aromatic N) is 3. The molecule has 1 unspecified atom stereocenters. The van der Waals surface area contributed by atoms with E-state index in [0.29, 0.717) is 24.9 Å². The van der Waals surface area contributed by atoms with Crippen molar-refractivity contribution in [3.05, 3.63) is 29.3 Å². The Labute approximate surface area is 163 Å². The van der Waals surface area contributed by atoms with Crippen LogP contribution >= 0.6 is 0 Å². The van der Waals surface area contributed by atoms with Gasteiger partial charge < -0.3 is 14.6 Å². The summed E-state index contributed by atoms with van der Waals surface area (Å²) in [6.45, 7) is 4.77. The van der Waals surface area contributed by atoms with Gasteiger partial charge in [-0.15, -0.1) is 0 Å². The molecule has 4 rings (SSSR count). The molecule has 0 bridgehead atoms. The van der Waals surface area contributed by atoms with Gasteiger partial charge in [-0.05, 0) is 30.2 Å². The molecular weight excluding hydrogens is 360 g/mol. The minimum atomic E-state index is -0.581. The van der Waals surface area contributed by atoms with E-state index in [9.17, 15) is 19.2 Å². The van der Waals surface area contributed by atoms with E-state index in [1.807, 2.05) is 18.2 Å². The molecule has 0 aromatic heterocycles. The van der Waals surface area contributed by atoms with E-state index in [4.69, 9.17) is 0 Å². The molecule has 3 heterocycles. The lowest BCUT2D eigenvalue weighted by Crippen LogP contribution is -2.52. The van der Waals surface area contributed by atoms with Gasteiger partial charge in [0.1, 0.15) is 12.3 Å². The second-order valence-electron chi connectivity index (χ2n) is 7.53. The van der Waals surface area contributed by atoms with Crippen molar-refractivity contribution in [1.82, 2.24) is 15.1 Å². The van der Waals surface area contributed by atoms with Crippen molar-refractivity contribution < 1.29 is 19.2 Å². The summed E-state index contributed by atoms with van der Waals surface area (Å²) in [5, 5.41) is 2.33. The summed E-state index contributed by atoms with van der Waals surface area (Å²) in [5.74, 6) is -0.807. The number of hydrogen-bond acceptors (Lipinski definition) is 6. The number of benzene rings is 1. The molecule has 0 radical (unpaired) electrons. The van der Waals surface area contributed by atoms with E-state index in [0.717, 1.165) is 50.3 Å². The van der Waals surface area contributed by atoms with Crippen LogP contribution in [0.25, 0.3) is 0 Å². The van der Waals surface area contributed by atoms with E-state index >= 15 is 0 Å². The zero-order chi connectivity index (χ0) is 19.7. The Morgan fingerprint density at radius 3 is 2.61 bits per heavy atom. The Morgan fingerprint density at radius 1 is 1.11 bits per heavy atom. The number of nitrogens with one attached hydrogen (secondary N) is 1. The summed E-state index contributed by atoms with van der Waals surface area (Å²) >= 11 is 0. The van der Waals surface area contributed by atoms with Gasteiger partial charge in [0.15, 0.2) is 0 Å². The fourth-order valence-corrected chi connectivity index (χ4v) is 4.22. The number of rotatable bonds is 5. The first-order chi connectivity index (χ1) is 13.6. The standard InChI is InChI=1S/C20H24N4O4/c25-11-1-6-22-7-9-23(10-8-22)15-2-3-16-14(12-15)13-24(20(16)28)17-4-5-18(26)21-19(17)27/h2-3,11-12,17H,1,4-10,13H2,(H,21,26,27). The smallest absolute Gasteiger partial charge is 0.255 e. The number of piperazine rings is 1. The molecule has 1 aromatic carbocycles. The maximum Gasteiger partial charge on any atom is 0.255 e. The van der Waals surface area contributed by atoms with Crippen LogP contribution in [-0.2, 0) is 20.9 Å². The fourth-order valence-electron chi connectivity index (χ4n) is 4.22. The van der Waals surface area contributed by atoms with E-state index in [1.165, 1.54) is 0 Å². The van der Waals surface area contributed by atoms with Gasteiger partial charge in [0.2, 0.25) is 11.8 Å². The molecular formula is C20H24N4O4. The van der Waals surface area contributed by atoms with Crippen LogP contribution in [0, 0.1) is 0 Å². The van der Waals surface area contributed by atoms with Crippen LogP contribution in [0.3, 0.4) is 0 Å². The lowest BCUT2D eigenvalue weighted by Gasteiger charge is -2.36. The highest BCUT2D eigenvalue weighted by atomic mass is 16.2.